The molecule has 0 aliphatic rings. The van der Waals surface area contributed by atoms with Crippen LogP contribution in [0.15, 0.2) is 24.3 Å². The van der Waals surface area contributed by atoms with Crippen LogP contribution in [0.25, 0.3) is 0 Å². The molecule has 0 radical (unpaired) electrons. The van der Waals surface area contributed by atoms with Crippen LogP contribution < -0.4 is 10.6 Å². The van der Waals surface area contributed by atoms with Crippen LogP contribution in [0.1, 0.15) is 51.3 Å². The average molecular weight is 292 g/mol. The first-order chi connectivity index (χ1) is 9.78. The van der Waals surface area contributed by atoms with Gasteiger partial charge in [-0.3, -0.25) is 0 Å². The van der Waals surface area contributed by atoms with E-state index in [0.717, 1.165) is 13.0 Å². The number of alkyl carbamates (subject to hydrolysis) is 1. The largest absolute Gasteiger partial charge is 0.444 e. The number of carbonyl (C=O) groups is 1. The van der Waals surface area contributed by atoms with Crippen LogP contribution in [-0.2, 0) is 4.74 Å². The van der Waals surface area contributed by atoms with E-state index in [1.54, 1.807) is 0 Å². The van der Waals surface area contributed by atoms with Gasteiger partial charge in [-0.15, -0.1) is 0 Å². The summed E-state index contributed by atoms with van der Waals surface area (Å²) in [6, 6.07) is 8.85. The lowest BCUT2D eigenvalue weighted by Crippen LogP contribution is -2.34. The molecular formula is C17H28N2O2. The molecule has 0 spiro atoms. The molecule has 1 aromatic rings. The molecule has 118 valence electrons. The Morgan fingerprint density at radius 2 is 1.81 bits per heavy atom. The minimum absolute atomic E-state index is 0.312. The second-order valence-corrected chi connectivity index (χ2v) is 6.37. The van der Waals surface area contributed by atoms with Gasteiger partial charge in [0, 0.05) is 12.6 Å². The normalized spacial score (nSPS) is 12.8. The van der Waals surface area contributed by atoms with Crippen molar-refractivity contribution in [2.45, 2.75) is 52.7 Å². The summed E-state index contributed by atoms with van der Waals surface area (Å²) in [6.07, 6.45) is 0.518. The molecule has 0 heterocycles. The molecule has 1 amide bonds. The Balaban J connectivity index is 2.16. The van der Waals surface area contributed by atoms with E-state index in [1.807, 2.05) is 20.8 Å². The number of hydrogen-bond donors (Lipinski definition) is 2. The van der Waals surface area contributed by atoms with Gasteiger partial charge in [0.1, 0.15) is 5.60 Å². The quantitative estimate of drug-likeness (QED) is 0.788. The molecule has 0 unspecified atom stereocenters. The lowest BCUT2D eigenvalue weighted by Gasteiger charge is -2.20. The van der Waals surface area contributed by atoms with E-state index >= 15 is 0 Å². The second kappa shape index (κ2) is 8.03. The third-order valence-electron chi connectivity index (χ3n) is 3.05. The molecule has 1 aromatic carbocycles. The SMILES string of the molecule is Cc1ccc([C@H](C)NCCCNC(=O)OC(C)(C)C)cc1. The topological polar surface area (TPSA) is 50.4 Å². The van der Waals surface area contributed by atoms with E-state index < -0.39 is 5.60 Å². The highest BCUT2D eigenvalue weighted by Crippen LogP contribution is 2.12. The average Bonchev–Trinajstić information content (AvgIpc) is 2.36. The van der Waals surface area contributed by atoms with Crippen LogP contribution in [0, 0.1) is 6.92 Å². The summed E-state index contributed by atoms with van der Waals surface area (Å²) in [5.74, 6) is 0. The fourth-order valence-electron chi connectivity index (χ4n) is 1.88. The molecule has 1 atom stereocenters. The van der Waals surface area contributed by atoms with E-state index in [1.165, 1.54) is 11.1 Å². The number of ether oxygens (including phenoxy) is 1. The van der Waals surface area contributed by atoms with Crippen LogP contribution in [-0.4, -0.2) is 24.8 Å². The highest BCUT2D eigenvalue weighted by molar-refractivity contribution is 5.67. The lowest BCUT2D eigenvalue weighted by atomic mass is 10.1. The van der Waals surface area contributed by atoms with Gasteiger partial charge in [0.15, 0.2) is 0 Å². The number of nitrogens with one attached hydrogen (secondary N) is 2. The van der Waals surface area contributed by atoms with E-state index in [-0.39, 0.29) is 6.09 Å². The maximum Gasteiger partial charge on any atom is 0.407 e. The molecule has 21 heavy (non-hydrogen) atoms. The lowest BCUT2D eigenvalue weighted by molar-refractivity contribution is 0.0527. The van der Waals surface area contributed by atoms with Crippen molar-refractivity contribution in [3.63, 3.8) is 0 Å². The molecule has 0 bridgehead atoms. The number of benzene rings is 1. The van der Waals surface area contributed by atoms with Crippen molar-refractivity contribution in [1.29, 1.82) is 0 Å². The summed E-state index contributed by atoms with van der Waals surface area (Å²) in [7, 11) is 0. The van der Waals surface area contributed by atoms with Crippen LogP contribution in [0.3, 0.4) is 0 Å². The second-order valence-electron chi connectivity index (χ2n) is 6.37. The predicted molar refractivity (Wildman–Crippen MR) is 86.5 cm³/mol. The van der Waals surface area contributed by atoms with Crippen LogP contribution in [0.2, 0.25) is 0 Å². The summed E-state index contributed by atoms with van der Waals surface area (Å²) in [5, 5.41) is 6.21. The van der Waals surface area contributed by atoms with Crippen molar-refractivity contribution in [2.24, 2.45) is 0 Å². The van der Waals surface area contributed by atoms with Gasteiger partial charge in [0.2, 0.25) is 0 Å². The molecule has 0 aromatic heterocycles. The van der Waals surface area contributed by atoms with Gasteiger partial charge in [-0.05, 0) is 53.1 Å². The molecular weight excluding hydrogens is 264 g/mol. The minimum atomic E-state index is -0.442. The Kier molecular flexibility index (Phi) is 6.69. The molecule has 0 fully saturated rings. The molecule has 0 aliphatic heterocycles. The summed E-state index contributed by atoms with van der Waals surface area (Å²) in [6.45, 7) is 11.3. The fraction of sp³-hybridized carbons (Fsp3) is 0.588. The number of amides is 1. The Hall–Kier alpha value is -1.55. The van der Waals surface area contributed by atoms with Gasteiger partial charge in [-0.25, -0.2) is 4.79 Å². The zero-order valence-corrected chi connectivity index (χ0v) is 13.8. The first-order valence-electron chi connectivity index (χ1n) is 7.55. The van der Waals surface area contributed by atoms with Crippen LogP contribution >= 0.6 is 0 Å². The Morgan fingerprint density at radius 3 is 2.38 bits per heavy atom. The van der Waals surface area contributed by atoms with Crippen LogP contribution in [0.4, 0.5) is 4.79 Å². The third kappa shape index (κ3) is 7.71. The molecule has 4 nitrogen and oxygen atoms in total. The van der Waals surface area contributed by atoms with E-state index in [4.69, 9.17) is 4.74 Å². The highest BCUT2D eigenvalue weighted by atomic mass is 16.6. The van der Waals surface area contributed by atoms with Crippen molar-refractivity contribution in [1.82, 2.24) is 10.6 Å². The summed E-state index contributed by atoms with van der Waals surface area (Å²) in [5.41, 5.74) is 2.11. The third-order valence-corrected chi connectivity index (χ3v) is 3.05. The Bertz CT molecular complexity index is 435. The fourth-order valence-corrected chi connectivity index (χ4v) is 1.88. The molecule has 0 saturated heterocycles. The number of rotatable bonds is 6. The zero-order valence-electron chi connectivity index (χ0n) is 13.8. The van der Waals surface area contributed by atoms with Gasteiger partial charge in [0.25, 0.3) is 0 Å². The molecule has 0 aliphatic carbocycles. The predicted octanol–water partition coefficient (Wildman–Crippen LogP) is 3.56. The summed E-state index contributed by atoms with van der Waals surface area (Å²) >= 11 is 0. The first-order valence-corrected chi connectivity index (χ1v) is 7.55. The van der Waals surface area contributed by atoms with Gasteiger partial charge >= 0.3 is 6.09 Å². The zero-order chi connectivity index (χ0) is 15.9. The van der Waals surface area contributed by atoms with Gasteiger partial charge < -0.3 is 15.4 Å². The summed E-state index contributed by atoms with van der Waals surface area (Å²) < 4.78 is 5.18. The van der Waals surface area contributed by atoms with Crippen molar-refractivity contribution in [2.75, 3.05) is 13.1 Å². The van der Waals surface area contributed by atoms with Crippen molar-refractivity contribution < 1.29 is 9.53 Å². The Morgan fingerprint density at radius 1 is 1.19 bits per heavy atom. The van der Waals surface area contributed by atoms with Crippen molar-refractivity contribution >= 4 is 6.09 Å². The minimum Gasteiger partial charge on any atom is -0.444 e. The van der Waals surface area contributed by atoms with Gasteiger partial charge in [-0.2, -0.15) is 0 Å². The number of carbonyl (C=O) groups excluding carboxylic acids is 1. The molecule has 2 N–H and O–H groups in total. The van der Waals surface area contributed by atoms with Crippen LogP contribution in [0.5, 0.6) is 0 Å². The van der Waals surface area contributed by atoms with Crippen molar-refractivity contribution in [3.05, 3.63) is 35.4 Å². The molecule has 4 heteroatoms. The maximum atomic E-state index is 11.5. The monoisotopic (exact) mass is 292 g/mol. The Labute approximate surface area is 128 Å². The summed E-state index contributed by atoms with van der Waals surface area (Å²) in [4.78, 5) is 11.5. The maximum absolute atomic E-state index is 11.5. The first kappa shape index (κ1) is 17.5. The highest BCUT2D eigenvalue weighted by Gasteiger charge is 2.15. The van der Waals surface area contributed by atoms with Crippen molar-refractivity contribution in [3.8, 4) is 0 Å². The van der Waals surface area contributed by atoms with E-state index in [9.17, 15) is 4.79 Å². The molecule has 1 rings (SSSR count). The number of hydrogen-bond acceptors (Lipinski definition) is 3. The smallest absolute Gasteiger partial charge is 0.407 e. The van der Waals surface area contributed by atoms with E-state index in [0.29, 0.717) is 12.6 Å². The van der Waals surface area contributed by atoms with Gasteiger partial charge in [-0.1, -0.05) is 29.8 Å². The standard InChI is InChI=1S/C17H28N2O2/c1-13-7-9-15(10-8-13)14(2)18-11-6-12-19-16(20)21-17(3,4)5/h7-10,14,18H,6,11-12H2,1-5H3,(H,19,20)/t14-/m0/s1. The number of aryl methyl sites for hydroxylation is 1. The van der Waals surface area contributed by atoms with Gasteiger partial charge in [0.05, 0.1) is 0 Å². The molecule has 0 saturated carbocycles. The van der Waals surface area contributed by atoms with E-state index in [2.05, 4.69) is 48.7 Å².